The topological polar surface area (TPSA) is 17.1 Å². The third-order valence-corrected chi connectivity index (χ3v) is 10.2. The number of carbonyl (C=O) groups excluding carboxylic acids is 1. The quantitative estimate of drug-likeness (QED) is 0.477. The van der Waals surface area contributed by atoms with Gasteiger partial charge in [0.15, 0.2) is 5.78 Å². The monoisotopic (exact) mass is 384 g/mol. The zero-order chi connectivity index (χ0) is 20.1. The van der Waals surface area contributed by atoms with Crippen molar-refractivity contribution in [2.45, 2.75) is 105 Å². The molecule has 0 saturated heterocycles. The van der Waals surface area contributed by atoms with Crippen LogP contribution in [0, 0.1) is 46.3 Å². The second kappa shape index (κ2) is 7.59. The third-order valence-electron chi connectivity index (χ3n) is 10.2. The molecule has 4 aliphatic carbocycles. The standard InChI is InChI=1S/C27H44O/c1-18(2)7-6-8-19(3)23-11-12-24-22-10-9-20-17-21(28)13-15-26(20,4)25(22)14-16-27(23,24)5/h17-19,22-25H,6-16H2,1-5H3/t19-,22+,23-,24-,25+,26+,27-/m1/s1. The average Bonchev–Trinajstić information content (AvgIpc) is 2.99. The Morgan fingerprint density at radius 2 is 1.75 bits per heavy atom. The number of rotatable bonds is 5. The summed E-state index contributed by atoms with van der Waals surface area (Å²) >= 11 is 0. The second-order valence-electron chi connectivity index (χ2n) is 12.0. The van der Waals surface area contributed by atoms with E-state index in [0.717, 1.165) is 48.3 Å². The number of allylic oxidation sites excluding steroid dienone is 1. The molecule has 0 amide bonds. The van der Waals surface area contributed by atoms with Crippen LogP contribution in [0.3, 0.4) is 0 Å². The molecule has 7 atom stereocenters. The molecule has 0 aliphatic heterocycles. The van der Waals surface area contributed by atoms with Crippen LogP contribution in [0.1, 0.15) is 105 Å². The minimum Gasteiger partial charge on any atom is -0.295 e. The molecule has 0 aromatic rings. The van der Waals surface area contributed by atoms with Gasteiger partial charge < -0.3 is 0 Å². The predicted octanol–water partition coefficient (Wildman–Crippen LogP) is 7.60. The number of hydrogen-bond donors (Lipinski definition) is 0. The number of hydrogen-bond acceptors (Lipinski definition) is 1. The van der Waals surface area contributed by atoms with Crippen LogP contribution in [0.4, 0.5) is 0 Å². The van der Waals surface area contributed by atoms with Gasteiger partial charge in [-0.15, -0.1) is 0 Å². The Labute approximate surface area is 174 Å². The van der Waals surface area contributed by atoms with E-state index in [-0.39, 0.29) is 0 Å². The second-order valence-corrected chi connectivity index (χ2v) is 12.0. The molecule has 0 N–H and O–H groups in total. The summed E-state index contributed by atoms with van der Waals surface area (Å²) in [5.41, 5.74) is 2.43. The van der Waals surface area contributed by atoms with E-state index in [1.807, 2.05) is 0 Å². The first-order valence-electron chi connectivity index (χ1n) is 12.5. The van der Waals surface area contributed by atoms with E-state index in [0.29, 0.717) is 16.6 Å². The van der Waals surface area contributed by atoms with Crippen molar-refractivity contribution in [3.63, 3.8) is 0 Å². The van der Waals surface area contributed by atoms with Crippen LogP contribution in [0.2, 0.25) is 0 Å². The molecule has 0 spiro atoms. The largest absolute Gasteiger partial charge is 0.295 e. The van der Waals surface area contributed by atoms with Crippen LogP contribution in [0.25, 0.3) is 0 Å². The fourth-order valence-electron chi connectivity index (χ4n) is 8.58. The van der Waals surface area contributed by atoms with Crippen molar-refractivity contribution in [1.82, 2.24) is 0 Å². The molecule has 28 heavy (non-hydrogen) atoms. The van der Waals surface area contributed by atoms with Crippen molar-refractivity contribution >= 4 is 5.78 Å². The van der Waals surface area contributed by atoms with E-state index in [1.165, 1.54) is 63.4 Å². The summed E-state index contributed by atoms with van der Waals surface area (Å²) in [4.78, 5) is 12.0. The normalized spacial score (nSPS) is 43.9. The Kier molecular flexibility index (Phi) is 5.60. The van der Waals surface area contributed by atoms with E-state index < -0.39 is 0 Å². The lowest BCUT2D eigenvalue weighted by Crippen LogP contribution is -2.50. The molecule has 3 fully saturated rings. The minimum atomic E-state index is 0.332. The Morgan fingerprint density at radius 1 is 0.964 bits per heavy atom. The number of ketones is 1. The zero-order valence-electron chi connectivity index (χ0n) is 19.2. The van der Waals surface area contributed by atoms with E-state index in [2.05, 4.69) is 40.7 Å². The molecule has 4 aliphatic rings. The molecule has 0 unspecified atom stereocenters. The zero-order valence-corrected chi connectivity index (χ0v) is 19.2. The fraction of sp³-hybridized carbons (Fsp3) is 0.889. The summed E-state index contributed by atoms with van der Waals surface area (Å²) < 4.78 is 0. The van der Waals surface area contributed by atoms with E-state index in [4.69, 9.17) is 0 Å². The molecule has 0 aromatic carbocycles. The average molecular weight is 385 g/mol. The highest BCUT2D eigenvalue weighted by Crippen LogP contribution is 2.67. The number of fused-ring (bicyclic) bond motifs is 5. The van der Waals surface area contributed by atoms with Crippen molar-refractivity contribution in [3.8, 4) is 0 Å². The highest BCUT2D eigenvalue weighted by Gasteiger charge is 2.59. The Bertz CT molecular complexity index is 630. The van der Waals surface area contributed by atoms with Crippen molar-refractivity contribution in [3.05, 3.63) is 11.6 Å². The summed E-state index contributed by atoms with van der Waals surface area (Å²) in [5.74, 6) is 5.79. The van der Waals surface area contributed by atoms with Gasteiger partial charge in [0.25, 0.3) is 0 Å². The summed E-state index contributed by atoms with van der Waals surface area (Å²) in [5, 5.41) is 0. The van der Waals surface area contributed by atoms with Gasteiger partial charge in [0.2, 0.25) is 0 Å². The molecule has 0 bridgehead atoms. The number of carbonyl (C=O) groups is 1. The van der Waals surface area contributed by atoms with Crippen LogP contribution in [0.15, 0.2) is 11.6 Å². The van der Waals surface area contributed by atoms with E-state index in [9.17, 15) is 4.79 Å². The van der Waals surface area contributed by atoms with E-state index >= 15 is 0 Å². The maximum Gasteiger partial charge on any atom is 0.155 e. The lowest BCUT2D eigenvalue weighted by molar-refractivity contribution is -0.117. The van der Waals surface area contributed by atoms with Crippen molar-refractivity contribution < 1.29 is 4.79 Å². The summed E-state index contributed by atoms with van der Waals surface area (Å²) in [6.07, 6.45) is 16.6. The molecule has 1 heteroatoms. The Balaban J connectivity index is 1.49. The first-order valence-corrected chi connectivity index (χ1v) is 12.5. The molecule has 3 saturated carbocycles. The maximum atomic E-state index is 12.0. The first kappa shape index (κ1) is 20.7. The molecule has 4 rings (SSSR count). The molecular weight excluding hydrogens is 340 g/mol. The van der Waals surface area contributed by atoms with Gasteiger partial charge in [-0.1, -0.05) is 59.5 Å². The lowest BCUT2D eigenvalue weighted by atomic mass is 9.46. The molecule has 0 radical (unpaired) electrons. The van der Waals surface area contributed by atoms with Crippen LogP contribution in [-0.2, 0) is 4.79 Å². The van der Waals surface area contributed by atoms with Crippen LogP contribution in [-0.4, -0.2) is 5.78 Å². The molecule has 0 heterocycles. The maximum absolute atomic E-state index is 12.0. The third kappa shape index (κ3) is 3.33. The molecule has 158 valence electrons. The summed E-state index contributed by atoms with van der Waals surface area (Å²) in [6, 6.07) is 0. The lowest BCUT2D eigenvalue weighted by Gasteiger charge is -2.58. The van der Waals surface area contributed by atoms with Gasteiger partial charge in [0.1, 0.15) is 0 Å². The van der Waals surface area contributed by atoms with Gasteiger partial charge >= 0.3 is 0 Å². The van der Waals surface area contributed by atoms with Gasteiger partial charge in [-0.25, -0.2) is 0 Å². The van der Waals surface area contributed by atoms with Gasteiger partial charge in [-0.05, 0) is 97.4 Å². The van der Waals surface area contributed by atoms with Crippen molar-refractivity contribution in [2.24, 2.45) is 46.3 Å². The van der Waals surface area contributed by atoms with Crippen LogP contribution >= 0.6 is 0 Å². The molecule has 1 nitrogen and oxygen atoms in total. The molecular formula is C27H44O. The van der Waals surface area contributed by atoms with Crippen LogP contribution < -0.4 is 0 Å². The summed E-state index contributed by atoms with van der Waals surface area (Å²) in [6.45, 7) is 12.5. The van der Waals surface area contributed by atoms with Gasteiger partial charge in [0, 0.05) is 6.42 Å². The van der Waals surface area contributed by atoms with Gasteiger partial charge in [-0.3, -0.25) is 4.79 Å². The fourth-order valence-corrected chi connectivity index (χ4v) is 8.58. The molecule has 0 aromatic heterocycles. The predicted molar refractivity (Wildman–Crippen MR) is 118 cm³/mol. The van der Waals surface area contributed by atoms with Gasteiger partial charge in [0.05, 0.1) is 0 Å². The first-order chi connectivity index (χ1) is 13.3. The SMILES string of the molecule is CC(C)CCC[C@@H](C)[C@H]1CC[C@@H]2[C@@H]3CCC4=CC(=O)CC[C@]4(C)[C@H]3CC[C@@]21C. The van der Waals surface area contributed by atoms with Crippen molar-refractivity contribution in [1.29, 1.82) is 0 Å². The Hall–Kier alpha value is -0.590. The smallest absolute Gasteiger partial charge is 0.155 e. The highest BCUT2D eigenvalue weighted by molar-refractivity contribution is 5.91. The van der Waals surface area contributed by atoms with Gasteiger partial charge in [-0.2, -0.15) is 0 Å². The Morgan fingerprint density at radius 3 is 2.50 bits per heavy atom. The summed E-state index contributed by atoms with van der Waals surface area (Å²) in [7, 11) is 0. The van der Waals surface area contributed by atoms with E-state index in [1.54, 1.807) is 0 Å². The van der Waals surface area contributed by atoms with Crippen molar-refractivity contribution in [2.75, 3.05) is 0 Å². The highest BCUT2D eigenvalue weighted by atomic mass is 16.1. The van der Waals surface area contributed by atoms with Crippen LogP contribution in [0.5, 0.6) is 0 Å². The minimum absolute atomic E-state index is 0.332.